The fourth-order valence-corrected chi connectivity index (χ4v) is 3.77. The molecule has 0 amide bonds. The summed E-state index contributed by atoms with van der Waals surface area (Å²) in [6.07, 6.45) is 1.59. The van der Waals surface area contributed by atoms with E-state index in [0.717, 1.165) is 24.0 Å². The minimum atomic E-state index is -4.30. The van der Waals surface area contributed by atoms with Crippen LogP contribution in [-0.4, -0.2) is 4.89 Å². The third-order valence-electron chi connectivity index (χ3n) is 3.84. The minimum Gasteiger partial charge on any atom is -0.395 e. The molecule has 1 atom stereocenters. The molecule has 0 saturated carbocycles. The fraction of sp³-hybridized carbons (Fsp3) is 0.455. The van der Waals surface area contributed by atoms with E-state index in [1.54, 1.807) is 30.3 Å². The van der Waals surface area contributed by atoms with Gasteiger partial charge in [-0.1, -0.05) is 71.9 Å². The predicted octanol–water partition coefficient (Wildman–Crippen LogP) is 6.42. The maximum atomic E-state index is 12.6. The molecule has 0 fully saturated rings. The van der Waals surface area contributed by atoms with Crippen LogP contribution in [0.25, 0.3) is 0 Å². The first-order valence-electron chi connectivity index (χ1n) is 9.22. The standard InChI is InChI=1S/C22H31O4P/c1-21(2,3)15-17-11-10-14-20(19(17)16-22(4,5)6)26-27(23,24)25-18-12-8-7-9-13-18/h7-14H,15-16H2,1-6H3,(H,23,24). The lowest BCUT2D eigenvalue weighted by molar-refractivity contribution is 0.287. The van der Waals surface area contributed by atoms with Gasteiger partial charge in [-0.05, 0) is 53.0 Å². The summed E-state index contributed by atoms with van der Waals surface area (Å²) in [5, 5.41) is 0. The Morgan fingerprint density at radius 1 is 0.815 bits per heavy atom. The van der Waals surface area contributed by atoms with Gasteiger partial charge >= 0.3 is 7.82 Å². The molecular weight excluding hydrogens is 359 g/mol. The lowest BCUT2D eigenvalue weighted by atomic mass is 9.81. The summed E-state index contributed by atoms with van der Waals surface area (Å²) in [4.78, 5) is 10.3. The van der Waals surface area contributed by atoms with Crippen LogP contribution < -0.4 is 9.05 Å². The second-order valence-electron chi connectivity index (χ2n) is 9.33. The van der Waals surface area contributed by atoms with Crippen molar-refractivity contribution in [2.75, 3.05) is 0 Å². The van der Waals surface area contributed by atoms with E-state index in [0.29, 0.717) is 11.5 Å². The Morgan fingerprint density at radius 2 is 1.41 bits per heavy atom. The molecule has 0 saturated heterocycles. The zero-order valence-corrected chi connectivity index (χ0v) is 18.0. The van der Waals surface area contributed by atoms with Gasteiger partial charge in [-0.25, -0.2) is 4.57 Å². The van der Waals surface area contributed by atoms with Gasteiger partial charge in [-0.15, -0.1) is 0 Å². The summed E-state index contributed by atoms with van der Waals surface area (Å²) in [7, 11) is -4.30. The largest absolute Gasteiger partial charge is 0.584 e. The van der Waals surface area contributed by atoms with Gasteiger partial charge in [-0.2, -0.15) is 0 Å². The first kappa shape index (κ1) is 21.5. The van der Waals surface area contributed by atoms with Crippen molar-refractivity contribution in [3.05, 3.63) is 59.7 Å². The molecule has 0 aliphatic heterocycles. The van der Waals surface area contributed by atoms with Crippen molar-refractivity contribution < 1.29 is 18.5 Å². The van der Waals surface area contributed by atoms with Crippen LogP contribution in [0, 0.1) is 10.8 Å². The van der Waals surface area contributed by atoms with Crippen molar-refractivity contribution >= 4 is 7.82 Å². The highest BCUT2D eigenvalue weighted by molar-refractivity contribution is 7.48. The van der Waals surface area contributed by atoms with Gasteiger partial charge in [0.05, 0.1) is 0 Å². The van der Waals surface area contributed by atoms with Crippen LogP contribution >= 0.6 is 7.82 Å². The highest BCUT2D eigenvalue weighted by Gasteiger charge is 2.29. The molecule has 2 aromatic carbocycles. The molecule has 27 heavy (non-hydrogen) atoms. The molecule has 0 aromatic heterocycles. The highest BCUT2D eigenvalue weighted by Crippen LogP contribution is 2.46. The molecule has 2 aromatic rings. The summed E-state index contributed by atoms with van der Waals surface area (Å²) >= 11 is 0. The van der Waals surface area contributed by atoms with Crippen molar-refractivity contribution in [3.63, 3.8) is 0 Å². The number of phosphoric acid groups is 1. The van der Waals surface area contributed by atoms with Gasteiger partial charge in [0, 0.05) is 0 Å². The maximum absolute atomic E-state index is 12.6. The average molecular weight is 390 g/mol. The van der Waals surface area contributed by atoms with E-state index in [4.69, 9.17) is 9.05 Å². The number of rotatable bonds is 6. The Bertz CT molecular complexity index is 801. The molecule has 1 unspecified atom stereocenters. The van der Waals surface area contributed by atoms with Gasteiger partial charge < -0.3 is 9.05 Å². The summed E-state index contributed by atoms with van der Waals surface area (Å²) in [5.74, 6) is 0.708. The van der Waals surface area contributed by atoms with Crippen LogP contribution in [0.2, 0.25) is 0 Å². The molecule has 4 nitrogen and oxygen atoms in total. The van der Waals surface area contributed by atoms with Crippen molar-refractivity contribution in [1.29, 1.82) is 0 Å². The van der Waals surface area contributed by atoms with Gasteiger partial charge in [0.1, 0.15) is 11.5 Å². The number of phosphoric ester groups is 1. The summed E-state index contributed by atoms with van der Waals surface area (Å²) in [5.41, 5.74) is 2.20. The van der Waals surface area contributed by atoms with Gasteiger partial charge in [0.2, 0.25) is 0 Å². The van der Waals surface area contributed by atoms with E-state index in [-0.39, 0.29) is 10.8 Å². The van der Waals surface area contributed by atoms with E-state index in [9.17, 15) is 9.46 Å². The lowest BCUT2D eigenvalue weighted by Gasteiger charge is -2.26. The van der Waals surface area contributed by atoms with Gasteiger partial charge in [-0.3, -0.25) is 4.89 Å². The molecule has 5 heteroatoms. The molecule has 0 spiro atoms. The molecule has 0 bridgehead atoms. The van der Waals surface area contributed by atoms with E-state index in [1.165, 1.54) is 0 Å². The highest BCUT2D eigenvalue weighted by atomic mass is 31.2. The summed E-state index contributed by atoms with van der Waals surface area (Å²) in [6.45, 7) is 13.0. The molecule has 0 radical (unpaired) electrons. The Kier molecular flexibility index (Phi) is 6.44. The van der Waals surface area contributed by atoms with E-state index in [1.807, 2.05) is 12.1 Å². The Hall–Kier alpha value is -1.77. The zero-order valence-electron chi connectivity index (χ0n) is 17.2. The fourth-order valence-electron chi connectivity index (χ4n) is 2.92. The molecule has 0 aliphatic rings. The topological polar surface area (TPSA) is 55.8 Å². The third-order valence-corrected chi connectivity index (χ3v) is 4.70. The second kappa shape index (κ2) is 8.08. The third kappa shape index (κ3) is 7.40. The first-order valence-corrected chi connectivity index (χ1v) is 10.7. The number of para-hydroxylation sites is 1. The van der Waals surface area contributed by atoms with Crippen LogP contribution in [0.1, 0.15) is 52.7 Å². The lowest BCUT2D eigenvalue weighted by Crippen LogP contribution is -2.16. The van der Waals surface area contributed by atoms with Crippen molar-refractivity contribution in [3.8, 4) is 11.5 Å². The van der Waals surface area contributed by atoms with Crippen LogP contribution in [-0.2, 0) is 17.4 Å². The zero-order chi connectivity index (χ0) is 20.3. The maximum Gasteiger partial charge on any atom is 0.584 e. The monoisotopic (exact) mass is 390 g/mol. The van der Waals surface area contributed by atoms with E-state index >= 15 is 0 Å². The molecule has 148 valence electrons. The summed E-state index contributed by atoms with van der Waals surface area (Å²) < 4.78 is 23.3. The first-order chi connectivity index (χ1) is 12.3. The normalized spacial score (nSPS) is 14.5. The SMILES string of the molecule is CC(C)(C)Cc1cccc(OP(=O)(O)Oc2ccccc2)c1CC(C)(C)C. The Balaban J connectivity index is 2.36. The predicted molar refractivity (Wildman–Crippen MR) is 110 cm³/mol. The smallest absolute Gasteiger partial charge is 0.395 e. The van der Waals surface area contributed by atoms with Crippen molar-refractivity contribution in [2.45, 2.75) is 54.4 Å². The number of hydrogen-bond donors (Lipinski definition) is 1. The van der Waals surface area contributed by atoms with Crippen molar-refractivity contribution in [1.82, 2.24) is 0 Å². The van der Waals surface area contributed by atoms with Crippen LogP contribution in [0.15, 0.2) is 48.5 Å². The quantitative estimate of drug-likeness (QED) is 0.578. The summed E-state index contributed by atoms with van der Waals surface area (Å²) in [6, 6.07) is 14.2. The number of hydrogen-bond acceptors (Lipinski definition) is 3. The van der Waals surface area contributed by atoms with Crippen LogP contribution in [0.4, 0.5) is 0 Å². The Labute approximate surface area is 163 Å². The van der Waals surface area contributed by atoms with Gasteiger partial charge in [0.25, 0.3) is 0 Å². The minimum absolute atomic E-state index is 0.00578. The average Bonchev–Trinajstić information content (AvgIpc) is 2.48. The Morgan fingerprint density at radius 3 is 1.96 bits per heavy atom. The molecule has 0 heterocycles. The molecule has 1 N–H and O–H groups in total. The second-order valence-corrected chi connectivity index (χ2v) is 10.6. The van der Waals surface area contributed by atoms with Crippen LogP contribution in [0.5, 0.6) is 11.5 Å². The van der Waals surface area contributed by atoms with E-state index in [2.05, 4.69) is 47.6 Å². The van der Waals surface area contributed by atoms with E-state index < -0.39 is 7.82 Å². The van der Waals surface area contributed by atoms with Crippen molar-refractivity contribution in [2.24, 2.45) is 10.8 Å². The number of benzene rings is 2. The van der Waals surface area contributed by atoms with Crippen LogP contribution in [0.3, 0.4) is 0 Å². The molecular formula is C22H31O4P. The molecule has 2 rings (SSSR count). The molecule has 0 aliphatic carbocycles. The van der Waals surface area contributed by atoms with Gasteiger partial charge in [0.15, 0.2) is 0 Å².